The molecule has 4 heterocycles. The molecule has 8 heteroatoms. The van der Waals surface area contributed by atoms with Gasteiger partial charge in [-0.2, -0.15) is 0 Å². The zero-order chi connectivity index (χ0) is 23.7. The summed E-state index contributed by atoms with van der Waals surface area (Å²) in [6, 6.07) is 10.8. The highest BCUT2D eigenvalue weighted by Gasteiger charge is 2.29. The predicted molar refractivity (Wildman–Crippen MR) is 132 cm³/mol. The molecule has 7 nitrogen and oxygen atoms in total. The lowest BCUT2D eigenvalue weighted by atomic mass is 10.0. The topological polar surface area (TPSA) is 78.3 Å². The maximum Gasteiger partial charge on any atom is 0.254 e. The molecular weight excluding hydrogens is 445 g/mol. The number of aromatic nitrogens is 3. The van der Waals surface area contributed by atoms with Crippen LogP contribution >= 0.6 is 0 Å². The Morgan fingerprint density at radius 2 is 2.03 bits per heavy atom. The van der Waals surface area contributed by atoms with E-state index in [0.717, 1.165) is 59.4 Å². The summed E-state index contributed by atoms with van der Waals surface area (Å²) in [5.41, 5.74) is 10.4. The van der Waals surface area contributed by atoms with Crippen LogP contribution in [0.5, 0.6) is 5.75 Å². The molecule has 2 aromatic heterocycles. The molecule has 0 radical (unpaired) electrons. The van der Waals surface area contributed by atoms with Crippen LogP contribution in [-0.2, 0) is 13.1 Å². The molecule has 4 aromatic rings. The van der Waals surface area contributed by atoms with Gasteiger partial charge in [-0.1, -0.05) is 0 Å². The summed E-state index contributed by atoms with van der Waals surface area (Å²) in [7, 11) is 0. The fourth-order valence-electron chi connectivity index (χ4n) is 5.68. The maximum atomic E-state index is 14.0. The van der Waals surface area contributed by atoms with Crippen LogP contribution < -0.4 is 10.5 Å². The number of hydrogen-bond acceptors (Lipinski definition) is 4. The van der Waals surface area contributed by atoms with Gasteiger partial charge in [-0.05, 0) is 68.0 Å². The summed E-state index contributed by atoms with van der Waals surface area (Å²) in [6.45, 7) is 3.38. The summed E-state index contributed by atoms with van der Waals surface area (Å²) >= 11 is 0. The van der Waals surface area contributed by atoms with E-state index in [-0.39, 0.29) is 17.8 Å². The molecule has 1 aliphatic carbocycles. The molecule has 2 fully saturated rings. The van der Waals surface area contributed by atoms with Crippen LogP contribution in [-0.4, -0.2) is 50.7 Å². The molecule has 1 saturated carbocycles. The number of nitrogens with two attached hydrogens (primary N) is 1. The number of halogens is 1. The van der Waals surface area contributed by atoms with Gasteiger partial charge in [0.1, 0.15) is 23.7 Å². The van der Waals surface area contributed by atoms with Crippen molar-refractivity contribution in [3.05, 3.63) is 47.8 Å². The van der Waals surface area contributed by atoms with Crippen molar-refractivity contribution < 1.29 is 13.9 Å². The number of piperidine rings is 1. The number of nitrogens with zero attached hydrogens (tertiary/aromatic N) is 4. The van der Waals surface area contributed by atoms with Gasteiger partial charge in [0.15, 0.2) is 5.82 Å². The Bertz CT molecular complexity index is 1480. The number of benzene rings is 2. The first-order valence-corrected chi connectivity index (χ1v) is 12.6. The number of ether oxygens (including phenoxy) is 1. The van der Waals surface area contributed by atoms with Crippen molar-refractivity contribution in [3.8, 4) is 17.3 Å². The highest BCUT2D eigenvalue weighted by Crippen LogP contribution is 2.39. The molecular formula is C27H28FN5O2. The molecule has 2 aliphatic heterocycles. The van der Waals surface area contributed by atoms with E-state index in [2.05, 4.69) is 9.13 Å². The van der Waals surface area contributed by atoms with Crippen LogP contribution in [0.4, 0.5) is 4.39 Å². The standard InChI is InChI=1S/C27H28FN5O2/c28-19-5-6-22-17(10-19)12-23(33(22)14-16-3-4-16)26-30-21-11-18(13-24-25(21)32(26)8-9-35-24)27(34)31-7-1-2-20(29)15-31/h5-6,10-13,16,20H,1-4,7-9,14-15,29H2/t20-/m1/s1. The fraction of sp³-hybridized carbons (Fsp3) is 0.407. The molecule has 35 heavy (non-hydrogen) atoms. The largest absolute Gasteiger partial charge is 0.489 e. The molecule has 2 aromatic carbocycles. The molecule has 1 amide bonds. The van der Waals surface area contributed by atoms with Crippen molar-refractivity contribution in [1.82, 2.24) is 19.0 Å². The average Bonchev–Trinajstić information content (AvgIpc) is 3.51. The van der Waals surface area contributed by atoms with Crippen molar-refractivity contribution in [1.29, 1.82) is 0 Å². The number of carbonyl (C=O) groups is 1. The van der Waals surface area contributed by atoms with E-state index in [1.165, 1.54) is 18.9 Å². The molecule has 0 unspecified atom stereocenters. The lowest BCUT2D eigenvalue weighted by Gasteiger charge is -2.31. The van der Waals surface area contributed by atoms with Crippen molar-refractivity contribution >= 4 is 27.8 Å². The van der Waals surface area contributed by atoms with Crippen molar-refractivity contribution in [3.63, 3.8) is 0 Å². The quantitative estimate of drug-likeness (QED) is 0.483. The highest BCUT2D eigenvalue weighted by molar-refractivity contribution is 6.00. The highest BCUT2D eigenvalue weighted by atomic mass is 19.1. The third-order valence-corrected chi connectivity index (χ3v) is 7.60. The van der Waals surface area contributed by atoms with E-state index in [4.69, 9.17) is 15.5 Å². The Labute approximate surface area is 202 Å². The van der Waals surface area contributed by atoms with Crippen molar-refractivity contribution in [2.24, 2.45) is 11.7 Å². The SMILES string of the molecule is N[C@@H]1CCCN(C(=O)c2cc3c4c(c2)nc(-c2cc5cc(F)ccc5n2CC2CC2)n4CCO3)C1. The van der Waals surface area contributed by atoms with Gasteiger partial charge < -0.3 is 24.5 Å². The van der Waals surface area contributed by atoms with Gasteiger partial charge in [0.2, 0.25) is 0 Å². The second kappa shape index (κ2) is 7.81. The average molecular weight is 474 g/mol. The van der Waals surface area contributed by atoms with Gasteiger partial charge in [-0.25, -0.2) is 9.37 Å². The van der Waals surface area contributed by atoms with E-state index in [9.17, 15) is 9.18 Å². The Balaban J connectivity index is 1.37. The van der Waals surface area contributed by atoms with E-state index in [1.807, 2.05) is 29.2 Å². The van der Waals surface area contributed by atoms with Crippen molar-refractivity contribution in [2.75, 3.05) is 19.7 Å². The predicted octanol–water partition coefficient (Wildman–Crippen LogP) is 4.16. The summed E-state index contributed by atoms with van der Waals surface area (Å²) in [4.78, 5) is 20.2. The van der Waals surface area contributed by atoms with Crippen LogP contribution in [0.1, 0.15) is 36.0 Å². The molecule has 0 spiro atoms. The Kier molecular flexibility index (Phi) is 4.67. The lowest BCUT2D eigenvalue weighted by molar-refractivity contribution is 0.0708. The van der Waals surface area contributed by atoms with Gasteiger partial charge in [0, 0.05) is 42.1 Å². The third-order valence-electron chi connectivity index (χ3n) is 7.60. The fourth-order valence-corrected chi connectivity index (χ4v) is 5.68. The first kappa shape index (κ1) is 20.9. The Hall–Kier alpha value is -3.39. The van der Waals surface area contributed by atoms with E-state index >= 15 is 0 Å². The number of carbonyl (C=O) groups excluding carboxylic acids is 1. The number of fused-ring (bicyclic) bond motifs is 1. The molecule has 7 rings (SSSR count). The minimum atomic E-state index is -0.237. The molecule has 2 N–H and O–H groups in total. The maximum absolute atomic E-state index is 14.0. The van der Waals surface area contributed by atoms with Gasteiger partial charge in [0.25, 0.3) is 5.91 Å². The van der Waals surface area contributed by atoms with Crippen LogP contribution in [0.25, 0.3) is 33.5 Å². The zero-order valence-electron chi connectivity index (χ0n) is 19.5. The van der Waals surface area contributed by atoms with Gasteiger partial charge in [-0.15, -0.1) is 0 Å². The summed E-state index contributed by atoms with van der Waals surface area (Å²) in [5, 5.41) is 0.880. The summed E-state index contributed by atoms with van der Waals surface area (Å²) in [6.07, 6.45) is 4.31. The van der Waals surface area contributed by atoms with Crippen LogP contribution in [0.15, 0.2) is 36.4 Å². The lowest BCUT2D eigenvalue weighted by Crippen LogP contribution is -2.45. The number of amides is 1. The second-order valence-corrected chi connectivity index (χ2v) is 10.2. The van der Waals surface area contributed by atoms with Gasteiger partial charge in [-0.3, -0.25) is 4.79 Å². The number of likely N-dealkylation sites (tertiary alicyclic amines) is 1. The number of hydrogen-bond donors (Lipinski definition) is 1. The second-order valence-electron chi connectivity index (χ2n) is 10.2. The number of rotatable bonds is 4. The van der Waals surface area contributed by atoms with E-state index in [1.54, 1.807) is 6.07 Å². The normalized spacial score (nSPS) is 19.9. The van der Waals surface area contributed by atoms with E-state index < -0.39 is 0 Å². The molecule has 180 valence electrons. The monoisotopic (exact) mass is 473 g/mol. The Morgan fingerprint density at radius 1 is 1.14 bits per heavy atom. The molecule has 1 saturated heterocycles. The Morgan fingerprint density at radius 3 is 2.86 bits per heavy atom. The van der Waals surface area contributed by atoms with E-state index in [0.29, 0.717) is 36.9 Å². The summed E-state index contributed by atoms with van der Waals surface area (Å²) < 4.78 is 24.5. The first-order valence-electron chi connectivity index (χ1n) is 12.6. The van der Waals surface area contributed by atoms with Crippen LogP contribution in [0.2, 0.25) is 0 Å². The first-order chi connectivity index (χ1) is 17.0. The number of imidazole rings is 1. The molecule has 0 bridgehead atoms. The summed E-state index contributed by atoms with van der Waals surface area (Å²) in [5.74, 6) is 1.92. The van der Waals surface area contributed by atoms with Gasteiger partial charge in [0.05, 0.1) is 17.8 Å². The third kappa shape index (κ3) is 3.50. The smallest absolute Gasteiger partial charge is 0.254 e. The zero-order valence-corrected chi connectivity index (χ0v) is 19.5. The molecule has 1 atom stereocenters. The van der Waals surface area contributed by atoms with Crippen molar-refractivity contribution in [2.45, 2.75) is 44.8 Å². The minimum Gasteiger partial charge on any atom is -0.489 e. The van der Waals surface area contributed by atoms with Gasteiger partial charge >= 0.3 is 0 Å². The minimum absolute atomic E-state index is 0.0232. The van der Waals surface area contributed by atoms with Crippen LogP contribution in [0, 0.1) is 11.7 Å². The van der Waals surface area contributed by atoms with Crippen LogP contribution in [0.3, 0.4) is 0 Å². The molecule has 3 aliphatic rings.